The van der Waals surface area contributed by atoms with E-state index >= 15 is 0 Å². The first-order valence-corrected chi connectivity index (χ1v) is 11.3. The van der Waals surface area contributed by atoms with Crippen molar-refractivity contribution in [2.45, 2.75) is 11.3 Å². The second kappa shape index (κ2) is 8.83. The summed E-state index contributed by atoms with van der Waals surface area (Å²) in [5, 5.41) is 2.09. The molecule has 9 heteroatoms. The summed E-state index contributed by atoms with van der Waals surface area (Å²) in [6.45, 7) is 0.807. The Hall–Kier alpha value is -1.94. The van der Waals surface area contributed by atoms with Gasteiger partial charge in [-0.25, -0.2) is 0 Å². The molecule has 0 saturated carbocycles. The Morgan fingerprint density at radius 3 is 2.63 bits per heavy atom. The predicted octanol–water partition coefficient (Wildman–Crippen LogP) is 3.45. The van der Waals surface area contributed by atoms with Crippen molar-refractivity contribution in [3.63, 3.8) is 0 Å². The first-order valence-electron chi connectivity index (χ1n) is 8.15. The SMILES string of the molecule is COCCCN1C(=O)C(=Cc2cccs2)SC1=NS(=O)(=O)c1ccccc1. The molecular weight excluding hydrogens is 404 g/mol. The van der Waals surface area contributed by atoms with Crippen molar-refractivity contribution < 1.29 is 17.9 Å². The van der Waals surface area contributed by atoms with Gasteiger partial charge in [0.25, 0.3) is 15.9 Å². The summed E-state index contributed by atoms with van der Waals surface area (Å²) in [5.41, 5.74) is 0. The lowest BCUT2D eigenvalue weighted by Crippen LogP contribution is -2.31. The maximum atomic E-state index is 12.8. The summed E-state index contributed by atoms with van der Waals surface area (Å²) in [4.78, 5) is 15.7. The zero-order valence-corrected chi connectivity index (χ0v) is 17.0. The summed E-state index contributed by atoms with van der Waals surface area (Å²) >= 11 is 2.59. The van der Waals surface area contributed by atoms with Crippen molar-refractivity contribution in [1.82, 2.24) is 4.90 Å². The lowest BCUT2D eigenvalue weighted by molar-refractivity contribution is -0.122. The number of thioether (sulfide) groups is 1. The minimum atomic E-state index is -3.90. The maximum Gasteiger partial charge on any atom is 0.284 e. The zero-order chi connectivity index (χ0) is 19.3. The smallest absolute Gasteiger partial charge is 0.284 e. The van der Waals surface area contributed by atoms with E-state index in [9.17, 15) is 13.2 Å². The number of sulfonamides is 1. The second-order valence-corrected chi connectivity index (χ2v) is 9.18. The van der Waals surface area contributed by atoms with Crippen molar-refractivity contribution in [2.75, 3.05) is 20.3 Å². The van der Waals surface area contributed by atoms with Crippen LogP contribution in [-0.4, -0.2) is 44.7 Å². The molecule has 1 aromatic heterocycles. The average Bonchev–Trinajstić information content (AvgIpc) is 3.26. The second-order valence-electron chi connectivity index (χ2n) is 5.59. The largest absolute Gasteiger partial charge is 0.385 e. The number of rotatable bonds is 7. The normalized spacial score (nSPS) is 18.0. The molecule has 0 atom stereocenters. The summed E-state index contributed by atoms with van der Waals surface area (Å²) < 4.78 is 34.2. The zero-order valence-electron chi connectivity index (χ0n) is 14.6. The van der Waals surface area contributed by atoms with Gasteiger partial charge in [0.2, 0.25) is 0 Å². The molecule has 1 aliphatic rings. The molecule has 1 amide bonds. The van der Waals surface area contributed by atoms with E-state index in [0.717, 1.165) is 16.6 Å². The molecule has 0 bridgehead atoms. The molecule has 0 radical (unpaired) electrons. The van der Waals surface area contributed by atoms with Crippen molar-refractivity contribution in [2.24, 2.45) is 4.40 Å². The van der Waals surface area contributed by atoms with Gasteiger partial charge >= 0.3 is 0 Å². The van der Waals surface area contributed by atoms with E-state index in [0.29, 0.717) is 24.5 Å². The average molecular weight is 423 g/mol. The molecule has 1 aromatic carbocycles. The molecule has 1 fully saturated rings. The number of methoxy groups -OCH3 is 1. The number of ether oxygens (including phenoxy) is 1. The topological polar surface area (TPSA) is 76.0 Å². The van der Waals surface area contributed by atoms with Crippen LogP contribution in [0.3, 0.4) is 0 Å². The third-order valence-electron chi connectivity index (χ3n) is 3.67. The minimum absolute atomic E-state index is 0.0954. The van der Waals surface area contributed by atoms with E-state index < -0.39 is 10.0 Å². The molecule has 6 nitrogen and oxygen atoms in total. The number of carbonyl (C=O) groups excluding carboxylic acids is 1. The third kappa shape index (κ3) is 4.86. The van der Waals surface area contributed by atoms with Gasteiger partial charge in [-0.15, -0.1) is 15.7 Å². The molecule has 0 spiro atoms. The van der Waals surface area contributed by atoms with Crippen molar-refractivity contribution in [3.05, 3.63) is 57.6 Å². The van der Waals surface area contributed by atoms with Crippen LogP contribution in [0.25, 0.3) is 6.08 Å². The van der Waals surface area contributed by atoms with Crippen LogP contribution >= 0.6 is 23.1 Å². The van der Waals surface area contributed by atoms with Crippen molar-refractivity contribution in [3.8, 4) is 0 Å². The summed E-state index contributed by atoms with van der Waals surface area (Å²) in [5.74, 6) is -0.244. The van der Waals surface area contributed by atoms with E-state index in [2.05, 4.69) is 4.40 Å². The molecule has 1 aliphatic heterocycles. The highest BCUT2D eigenvalue weighted by atomic mass is 32.2. The third-order valence-corrected chi connectivity index (χ3v) is 6.90. The lowest BCUT2D eigenvalue weighted by atomic mass is 10.3. The van der Waals surface area contributed by atoms with Crippen LogP contribution in [0.15, 0.2) is 62.0 Å². The molecule has 2 aromatic rings. The van der Waals surface area contributed by atoms with Crippen LogP contribution in [0.1, 0.15) is 11.3 Å². The highest BCUT2D eigenvalue weighted by Gasteiger charge is 2.34. The number of amidine groups is 1. The van der Waals surface area contributed by atoms with Gasteiger partial charge in [-0.05, 0) is 47.8 Å². The van der Waals surface area contributed by atoms with Gasteiger partial charge in [0.05, 0.1) is 9.80 Å². The van der Waals surface area contributed by atoms with Crippen LogP contribution in [0.2, 0.25) is 0 Å². The molecular formula is C18H18N2O4S3. The van der Waals surface area contributed by atoms with Crippen LogP contribution in [0.5, 0.6) is 0 Å². The molecule has 27 heavy (non-hydrogen) atoms. The molecule has 0 unspecified atom stereocenters. The van der Waals surface area contributed by atoms with Crippen LogP contribution in [0.4, 0.5) is 0 Å². The first-order chi connectivity index (χ1) is 13.0. The van der Waals surface area contributed by atoms with E-state index in [1.54, 1.807) is 31.4 Å². The summed E-state index contributed by atoms with van der Waals surface area (Å²) in [6, 6.07) is 11.8. The summed E-state index contributed by atoms with van der Waals surface area (Å²) in [6.07, 6.45) is 2.35. The molecule has 3 rings (SSSR count). The maximum absolute atomic E-state index is 12.8. The number of carbonyl (C=O) groups is 1. The van der Waals surface area contributed by atoms with Crippen molar-refractivity contribution >= 4 is 50.3 Å². The Morgan fingerprint density at radius 2 is 1.96 bits per heavy atom. The van der Waals surface area contributed by atoms with Gasteiger partial charge in [-0.2, -0.15) is 8.42 Å². The quantitative estimate of drug-likeness (QED) is 0.505. The monoisotopic (exact) mass is 422 g/mol. The predicted molar refractivity (Wildman–Crippen MR) is 109 cm³/mol. The van der Waals surface area contributed by atoms with Crippen LogP contribution < -0.4 is 0 Å². The molecule has 0 aliphatic carbocycles. The van der Waals surface area contributed by atoms with Gasteiger partial charge in [-0.3, -0.25) is 9.69 Å². The first kappa shape index (κ1) is 19.8. The Bertz CT molecular complexity index is 952. The van der Waals surface area contributed by atoms with E-state index in [1.807, 2.05) is 17.5 Å². The number of benzene rings is 1. The van der Waals surface area contributed by atoms with E-state index in [1.165, 1.54) is 28.4 Å². The van der Waals surface area contributed by atoms with Gasteiger partial charge in [0.15, 0.2) is 5.17 Å². The highest BCUT2D eigenvalue weighted by Crippen LogP contribution is 2.34. The van der Waals surface area contributed by atoms with Gasteiger partial charge in [-0.1, -0.05) is 24.3 Å². The Kier molecular flexibility index (Phi) is 6.48. The molecule has 142 valence electrons. The number of amides is 1. The van der Waals surface area contributed by atoms with Gasteiger partial charge < -0.3 is 4.74 Å². The standard InChI is InChI=1S/C18H18N2O4S3/c1-24-11-6-10-20-17(21)16(13-14-7-5-12-25-14)26-18(20)19-27(22,23)15-8-3-2-4-9-15/h2-5,7-9,12-13H,6,10-11H2,1H3. The van der Waals surface area contributed by atoms with Crippen LogP contribution in [-0.2, 0) is 19.6 Å². The minimum Gasteiger partial charge on any atom is -0.385 e. The number of hydrogen-bond donors (Lipinski definition) is 0. The Balaban J connectivity index is 1.94. The van der Waals surface area contributed by atoms with Gasteiger partial charge in [0, 0.05) is 25.1 Å². The van der Waals surface area contributed by atoms with Crippen molar-refractivity contribution in [1.29, 1.82) is 0 Å². The van der Waals surface area contributed by atoms with E-state index in [-0.39, 0.29) is 16.0 Å². The Labute approximate surface area is 166 Å². The summed E-state index contributed by atoms with van der Waals surface area (Å²) in [7, 11) is -2.32. The molecule has 0 N–H and O–H groups in total. The number of thiophene rings is 1. The molecule has 1 saturated heterocycles. The fraction of sp³-hybridized carbons (Fsp3) is 0.222. The number of nitrogens with zero attached hydrogens (tertiary/aromatic N) is 2. The Morgan fingerprint density at radius 1 is 1.19 bits per heavy atom. The van der Waals surface area contributed by atoms with E-state index in [4.69, 9.17) is 4.74 Å². The number of hydrogen-bond acceptors (Lipinski definition) is 6. The molecule has 2 heterocycles. The lowest BCUT2D eigenvalue weighted by Gasteiger charge is -2.15. The highest BCUT2D eigenvalue weighted by molar-refractivity contribution is 8.19. The van der Waals surface area contributed by atoms with Crippen LogP contribution in [0, 0.1) is 0 Å². The fourth-order valence-electron chi connectivity index (χ4n) is 2.39. The fourth-order valence-corrected chi connectivity index (χ4v) is 5.34. The van der Waals surface area contributed by atoms with Gasteiger partial charge in [0.1, 0.15) is 0 Å².